The van der Waals surface area contributed by atoms with Crippen molar-refractivity contribution < 1.29 is 9.53 Å². The summed E-state index contributed by atoms with van der Waals surface area (Å²) in [6.07, 6.45) is 3.47. The first-order chi connectivity index (χ1) is 9.17. The van der Waals surface area contributed by atoms with Gasteiger partial charge in [-0.2, -0.15) is 0 Å². The van der Waals surface area contributed by atoms with Gasteiger partial charge in [0.25, 0.3) is 0 Å². The van der Waals surface area contributed by atoms with Crippen LogP contribution >= 0.6 is 11.3 Å². The zero-order chi connectivity index (χ0) is 13.8. The van der Waals surface area contributed by atoms with Crippen molar-refractivity contribution in [3.05, 3.63) is 22.4 Å². The third-order valence-corrected chi connectivity index (χ3v) is 4.93. The Hall–Kier alpha value is -0.870. The highest BCUT2D eigenvalue weighted by Gasteiger charge is 2.37. The quantitative estimate of drug-likeness (QED) is 0.779. The second-order valence-electron chi connectivity index (χ2n) is 5.38. The highest BCUT2D eigenvalue weighted by atomic mass is 32.1. The molecule has 4 heteroatoms. The van der Waals surface area contributed by atoms with Crippen molar-refractivity contribution in [3.8, 4) is 0 Å². The van der Waals surface area contributed by atoms with Crippen LogP contribution < -0.4 is 5.32 Å². The molecule has 0 saturated heterocycles. The van der Waals surface area contributed by atoms with Crippen LogP contribution in [0.4, 0.5) is 0 Å². The molecule has 3 unspecified atom stereocenters. The lowest BCUT2D eigenvalue weighted by molar-refractivity contribution is -0.144. The highest BCUT2D eigenvalue weighted by Crippen LogP contribution is 2.42. The second-order valence-corrected chi connectivity index (χ2v) is 6.36. The molecular weight excluding hydrogens is 258 g/mol. The van der Waals surface area contributed by atoms with Crippen molar-refractivity contribution in [1.82, 2.24) is 5.32 Å². The summed E-state index contributed by atoms with van der Waals surface area (Å²) in [6.45, 7) is 4.21. The van der Waals surface area contributed by atoms with Crippen molar-refractivity contribution in [3.63, 3.8) is 0 Å². The van der Waals surface area contributed by atoms with Crippen molar-refractivity contribution >= 4 is 17.3 Å². The monoisotopic (exact) mass is 281 g/mol. The maximum absolute atomic E-state index is 12.0. The van der Waals surface area contributed by atoms with Crippen molar-refractivity contribution in [2.75, 3.05) is 7.11 Å². The minimum atomic E-state index is -0.206. The minimum absolute atomic E-state index is 0.142. The second kappa shape index (κ2) is 6.53. The van der Waals surface area contributed by atoms with Crippen LogP contribution in [0.25, 0.3) is 0 Å². The van der Waals surface area contributed by atoms with Gasteiger partial charge in [0.1, 0.15) is 6.04 Å². The molecule has 0 radical (unpaired) electrons. The SMILES string of the molecule is CCC(C)C(NC(c1cccs1)C1CC1)C(=O)OC. The predicted molar refractivity (Wildman–Crippen MR) is 78.2 cm³/mol. The fourth-order valence-electron chi connectivity index (χ4n) is 2.37. The minimum Gasteiger partial charge on any atom is -0.468 e. The topological polar surface area (TPSA) is 38.3 Å². The molecule has 2 rings (SSSR count). The van der Waals surface area contributed by atoms with Crippen LogP contribution in [0.3, 0.4) is 0 Å². The van der Waals surface area contributed by atoms with Gasteiger partial charge in [0.15, 0.2) is 0 Å². The van der Waals surface area contributed by atoms with Crippen molar-refractivity contribution in [2.24, 2.45) is 11.8 Å². The smallest absolute Gasteiger partial charge is 0.323 e. The zero-order valence-electron chi connectivity index (χ0n) is 11.9. The van der Waals surface area contributed by atoms with E-state index in [4.69, 9.17) is 4.74 Å². The average molecular weight is 281 g/mol. The number of carbonyl (C=O) groups is 1. The van der Waals surface area contributed by atoms with E-state index >= 15 is 0 Å². The number of ether oxygens (including phenoxy) is 1. The van der Waals surface area contributed by atoms with Crippen LogP contribution in [-0.2, 0) is 9.53 Å². The molecule has 1 heterocycles. The maximum Gasteiger partial charge on any atom is 0.323 e. The van der Waals surface area contributed by atoms with Crippen LogP contribution in [0.2, 0.25) is 0 Å². The molecule has 1 fully saturated rings. The molecule has 1 saturated carbocycles. The number of thiophene rings is 1. The summed E-state index contributed by atoms with van der Waals surface area (Å²) >= 11 is 1.77. The van der Waals surface area contributed by atoms with Gasteiger partial charge >= 0.3 is 5.97 Å². The Bertz CT molecular complexity index is 400. The van der Waals surface area contributed by atoms with Crippen LogP contribution in [0.5, 0.6) is 0 Å². The summed E-state index contributed by atoms with van der Waals surface area (Å²) < 4.78 is 4.96. The van der Waals surface area contributed by atoms with Gasteiger partial charge in [-0.15, -0.1) is 11.3 Å². The number of carbonyl (C=O) groups excluding carboxylic acids is 1. The number of methoxy groups -OCH3 is 1. The summed E-state index contributed by atoms with van der Waals surface area (Å²) in [4.78, 5) is 13.3. The predicted octanol–water partition coefficient (Wildman–Crippen LogP) is 3.38. The first-order valence-corrected chi connectivity index (χ1v) is 7.92. The summed E-state index contributed by atoms with van der Waals surface area (Å²) in [5, 5.41) is 5.66. The molecule has 3 nitrogen and oxygen atoms in total. The lowest BCUT2D eigenvalue weighted by atomic mass is 9.97. The fraction of sp³-hybridized carbons (Fsp3) is 0.667. The molecule has 0 bridgehead atoms. The first kappa shape index (κ1) is 14.5. The molecule has 1 N–H and O–H groups in total. The molecule has 19 heavy (non-hydrogen) atoms. The lowest BCUT2D eigenvalue weighted by Gasteiger charge is -2.27. The summed E-state index contributed by atoms with van der Waals surface area (Å²) in [7, 11) is 1.47. The van der Waals surface area contributed by atoms with E-state index in [1.165, 1.54) is 24.8 Å². The Morgan fingerprint density at radius 1 is 1.58 bits per heavy atom. The average Bonchev–Trinajstić information content (AvgIpc) is 3.12. The lowest BCUT2D eigenvalue weighted by Crippen LogP contribution is -2.44. The molecule has 106 valence electrons. The molecule has 1 aromatic heterocycles. The summed E-state index contributed by atoms with van der Waals surface area (Å²) in [5.74, 6) is 0.820. The molecule has 1 aliphatic rings. The molecule has 1 aromatic rings. The van der Waals surface area contributed by atoms with Crippen LogP contribution in [-0.4, -0.2) is 19.1 Å². The van der Waals surface area contributed by atoms with Crippen molar-refractivity contribution in [1.29, 1.82) is 0 Å². The van der Waals surface area contributed by atoms with E-state index in [0.29, 0.717) is 12.0 Å². The molecule has 0 aromatic carbocycles. The van der Waals surface area contributed by atoms with Crippen LogP contribution in [0.1, 0.15) is 44.0 Å². The molecule has 1 aliphatic carbocycles. The highest BCUT2D eigenvalue weighted by molar-refractivity contribution is 7.10. The van der Waals surface area contributed by atoms with Gasteiger partial charge in [0, 0.05) is 10.9 Å². The van der Waals surface area contributed by atoms with E-state index < -0.39 is 0 Å². The summed E-state index contributed by atoms with van der Waals surface area (Å²) in [5.41, 5.74) is 0. The fourth-order valence-corrected chi connectivity index (χ4v) is 3.25. The Labute approximate surface area is 119 Å². The van der Waals surface area contributed by atoms with Crippen molar-refractivity contribution in [2.45, 2.75) is 45.2 Å². The maximum atomic E-state index is 12.0. The Balaban J connectivity index is 2.11. The Morgan fingerprint density at radius 3 is 2.79 bits per heavy atom. The van der Waals surface area contributed by atoms with Gasteiger partial charge in [0.05, 0.1) is 7.11 Å². The van der Waals surface area contributed by atoms with Gasteiger partial charge < -0.3 is 4.74 Å². The van der Waals surface area contributed by atoms with E-state index in [-0.39, 0.29) is 17.9 Å². The third-order valence-electron chi connectivity index (χ3n) is 3.97. The van der Waals surface area contributed by atoms with Crippen LogP contribution in [0, 0.1) is 11.8 Å². The number of esters is 1. The van der Waals surface area contributed by atoms with E-state index in [1.807, 2.05) is 0 Å². The first-order valence-electron chi connectivity index (χ1n) is 7.04. The normalized spacial score (nSPS) is 19.7. The largest absolute Gasteiger partial charge is 0.468 e. The molecule has 0 amide bonds. The van der Waals surface area contributed by atoms with Gasteiger partial charge in [0.2, 0.25) is 0 Å². The van der Waals surface area contributed by atoms with Gasteiger partial charge in [-0.05, 0) is 36.1 Å². The molecule has 3 atom stereocenters. The Kier molecular flexibility index (Phi) is 4.99. The number of hydrogen-bond donors (Lipinski definition) is 1. The Morgan fingerprint density at radius 2 is 2.32 bits per heavy atom. The molecule has 0 spiro atoms. The molecular formula is C15H23NO2S. The van der Waals surface area contributed by atoms with Gasteiger partial charge in [-0.3, -0.25) is 10.1 Å². The third kappa shape index (κ3) is 3.57. The molecule has 0 aliphatic heterocycles. The number of rotatable bonds is 7. The van der Waals surface area contributed by atoms with E-state index in [2.05, 4.69) is 36.7 Å². The summed E-state index contributed by atoms with van der Waals surface area (Å²) in [6, 6.07) is 4.33. The van der Waals surface area contributed by atoms with E-state index in [1.54, 1.807) is 11.3 Å². The van der Waals surface area contributed by atoms with Gasteiger partial charge in [-0.25, -0.2) is 0 Å². The van der Waals surface area contributed by atoms with E-state index in [9.17, 15) is 4.79 Å². The van der Waals surface area contributed by atoms with E-state index in [0.717, 1.165) is 6.42 Å². The zero-order valence-corrected chi connectivity index (χ0v) is 12.7. The number of nitrogens with one attached hydrogen (secondary N) is 1. The van der Waals surface area contributed by atoms with Crippen LogP contribution in [0.15, 0.2) is 17.5 Å². The van der Waals surface area contributed by atoms with Gasteiger partial charge in [-0.1, -0.05) is 26.3 Å². The number of hydrogen-bond acceptors (Lipinski definition) is 4. The standard InChI is InChI=1S/C15H23NO2S/c1-4-10(2)13(15(17)18-3)16-14(11-7-8-11)12-6-5-9-19-12/h5-6,9-11,13-14,16H,4,7-8H2,1-3H3.